The van der Waals surface area contributed by atoms with Crippen LogP contribution in [0.3, 0.4) is 0 Å². The molecule has 5 aromatic rings. The highest BCUT2D eigenvalue weighted by Gasteiger charge is 2.50. The first-order chi connectivity index (χ1) is 25.0. The van der Waals surface area contributed by atoms with Crippen molar-refractivity contribution >= 4 is 24.6 Å². The Hall–Kier alpha value is -4.78. The van der Waals surface area contributed by atoms with E-state index in [1.165, 1.54) is 6.07 Å². The van der Waals surface area contributed by atoms with Crippen LogP contribution in [0.15, 0.2) is 91.3 Å². The summed E-state index contributed by atoms with van der Waals surface area (Å²) >= 11 is 0. The number of hydrogen-bond donors (Lipinski definition) is 2. The van der Waals surface area contributed by atoms with Crippen molar-refractivity contribution in [3.8, 4) is 17.3 Å². The van der Waals surface area contributed by atoms with Crippen LogP contribution >= 0.6 is 0 Å². The number of carbonyl (C=O) groups excluding carboxylic acids is 1. The van der Waals surface area contributed by atoms with E-state index in [1.807, 2.05) is 41.1 Å². The molecule has 10 nitrogen and oxygen atoms in total. The summed E-state index contributed by atoms with van der Waals surface area (Å²) in [7, 11) is -2.75. The van der Waals surface area contributed by atoms with E-state index in [2.05, 4.69) is 70.4 Å². The van der Waals surface area contributed by atoms with E-state index in [1.54, 1.807) is 31.5 Å². The summed E-state index contributed by atoms with van der Waals surface area (Å²) in [4.78, 5) is 26.5. The zero-order valence-electron chi connectivity index (χ0n) is 30.4. The lowest BCUT2D eigenvalue weighted by Gasteiger charge is -2.43. The molecular weight excluding hydrogens is 674 g/mol. The molecule has 12 heteroatoms. The first-order valence-electron chi connectivity index (χ1n) is 18.0. The standard InChI is InChI=1S/C40H48FN7O3Si/c1-28-45-35(38-44-27-48(47-38)26-29-15-18-31(42)19-16-29)24-36(46-28)39(49)43-25-30-17-20-34(41)37(23-30)50-21-22-51-52(40(2,3)4,32-11-7-5-8-12-32)33-13-9-6-10-14-33/h5-14,17,20,23-24,27,29,31H,15-16,18-19,21-22,25-26,42H2,1-4H3,(H,43,49). The van der Waals surface area contributed by atoms with Crippen molar-refractivity contribution in [1.82, 2.24) is 30.0 Å². The van der Waals surface area contributed by atoms with Gasteiger partial charge in [0.25, 0.3) is 14.2 Å². The number of nitrogens with two attached hydrogens (primary N) is 1. The molecule has 6 rings (SSSR count). The van der Waals surface area contributed by atoms with Crippen molar-refractivity contribution in [2.75, 3.05) is 13.2 Å². The number of aromatic nitrogens is 5. The van der Waals surface area contributed by atoms with E-state index in [0.717, 1.165) is 42.6 Å². The number of amides is 1. The van der Waals surface area contributed by atoms with Gasteiger partial charge in [-0.2, -0.15) is 0 Å². The Labute approximate surface area is 306 Å². The van der Waals surface area contributed by atoms with Crippen molar-refractivity contribution in [2.45, 2.75) is 77.5 Å². The third-order valence-corrected chi connectivity index (χ3v) is 14.7. The van der Waals surface area contributed by atoms with Gasteiger partial charge in [-0.15, -0.1) is 5.10 Å². The van der Waals surface area contributed by atoms with E-state index in [0.29, 0.717) is 34.9 Å². The van der Waals surface area contributed by atoms with Crippen LogP contribution in [0, 0.1) is 18.7 Å². The SMILES string of the molecule is Cc1nc(C(=O)NCc2ccc(F)c(OCCO[Si](c3ccccc3)(c3ccccc3)C(C)(C)C)c2)cc(-c2ncn(CC3CCC(N)CC3)n2)n1. The average Bonchev–Trinajstić information content (AvgIpc) is 3.61. The lowest BCUT2D eigenvalue weighted by atomic mass is 9.86. The van der Waals surface area contributed by atoms with Crippen LogP contribution in [0.1, 0.15) is 68.3 Å². The Balaban J connectivity index is 1.08. The fourth-order valence-corrected chi connectivity index (χ4v) is 11.6. The summed E-state index contributed by atoms with van der Waals surface area (Å²) in [5.74, 6) is 0.591. The monoisotopic (exact) mass is 721 g/mol. The number of nitrogens with zero attached hydrogens (tertiary/aromatic N) is 5. The van der Waals surface area contributed by atoms with Gasteiger partial charge in [0.15, 0.2) is 17.4 Å². The summed E-state index contributed by atoms with van der Waals surface area (Å²) < 4.78 is 29.6. The van der Waals surface area contributed by atoms with Crippen molar-refractivity contribution < 1.29 is 18.3 Å². The van der Waals surface area contributed by atoms with Gasteiger partial charge in [-0.1, -0.05) is 87.5 Å². The minimum Gasteiger partial charge on any atom is -0.488 e. The van der Waals surface area contributed by atoms with Crippen LogP contribution in [0.25, 0.3) is 11.5 Å². The van der Waals surface area contributed by atoms with Gasteiger partial charge in [-0.05, 0) is 77.7 Å². The van der Waals surface area contributed by atoms with Crippen molar-refractivity contribution in [2.24, 2.45) is 11.7 Å². The minimum atomic E-state index is -2.75. The molecule has 1 aliphatic rings. The van der Waals surface area contributed by atoms with Gasteiger partial charge in [0.05, 0.1) is 6.61 Å². The molecule has 1 fully saturated rings. The Kier molecular flexibility index (Phi) is 11.6. The number of rotatable bonds is 13. The minimum absolute atomic E-state index is 0.0932. The molecule has 1 aliphatic carbocycles. The largest absolute Gasteiger partial charge is 0.488 e. The first kappa shape index (κ1) is 37.0. The van der Waals surface area contributed by atoms with Gasteiger partial charge in [-0.3, -0.25) is 9.48 Å². The number of hydrogen-bond acceptors (Lipinski definition) is 8. The maximum absolute atomic E-state index is 14.9. The topological polar surface area (TPSA) is 130 Å². The average molecular weight is 722 g/mol. The predicted molar refractivity (Wildman–Crippen MR) is 202 cm³/mol. The Morgan fingerprint density at radius 3 is 2.27 bits per heavy atom. The number of nitrogens with one attached hydrogen (secondary N) is 1. The molecule has 52 heavy (non-hydrogen) atoms. The van der Waals surface area contributed by atoms with E-state index >= 15 is 0 Å². The molecule has 272 valence electrons. The summed E-state index contributed by atoms with van der Waals surface area (Å²) in [5, 5.41) is 9.65. The molecule has 0 atom stereocenters. The molecule has 3 N–H and O–H groups in total. The maximum atomic E-state index is 14.9. The molecule has 0 aliphatic heterocycles. The number of carbonyl (C=O) groups is 1. The maximum Gasteiger partial charge on any atom is 0.270 e. The number of halogens is 1. The van der Waals surface area contributed by atoms with E-state index < -0.39 is 20.0 Å². The lowest BCUT2D eigenvalue weighted by Crippen LogP contribution is -2.66. The third kappa shape index (κ3) is 8.63. The van der Waals surface area contributed by atoms with Crippen LogP contribution in [-0.4, -0.2) is 58.2 Å². The smallest absolute Gasteiger partial charge is 0.270 e. The summed E-state index contributed by atoms with van der Waals surface area (Å²) in [6, 6.07) is 27.1. The van der Waals surface area contributed by atoms with Crippen molar-refractivity contribution in [3.63, 3.8) is 0 Å². The number of benzene rings is 3. The second kappa shape index (κ2) is 16.3. The second-order valence-corrected chi connectivity index (χ2v) is 18.9. The van der Waals surface area contributed by atoms with Crippen LogP contribution < -0.4 is 26.2 Å². The first-order valence-corrected chi connectivity index (χ1v) is 19.9. The summed E-state index contributed by atoms with van der Waals surface area (Å²) in [5.41, 5.74) is 7.40. The normalized spacial score (nSPS) is 16.4. The lowest BCUT2D eigenvalue weighted by molar-refractivity contribution is 0.0945. The van der Waals surface area contributed by atoms with Crippen molar-refractivity contribution in [3.05, 3.63) is 114 Å². The molecule has 2 heterocycles. The van der Waals surface area contributed by atoms with Gasteiger partial charge in [0.2, 0.25) is 0 Å². The fraction of sp³-hybridized carbons (Fsp3) is 0.375. The molecule has 0 spiro atoms. The van der Waals surface area contributed by atoms with E-state index in [4.69, 9.17) is 14.9 Å². The van der Waals surface area contributed by atoms with Gasteiger partial charge >= 0.3 is 0 Å². The molecule has 1 saturated carbocycles. The molecule has 2 aromatic heterocycles. The highest BCUT2D eigenvalue weighted by Crippen LogP contribution is 2.36. The van der Waals surface area contributed by atoms with Crippen LogP contribution in [0.4, 0.5) is 4.39 Å². The molecule has 3 aromatic carbocycles. The second-order valence-electron chi connectivity index (χ2n) is 14.6. The molecule has 0 unspecified atom stereocenters. The van der Waals surface area contributed by atoms with Gasteiger partial charge in [0, 0.05) is 19.1 Å². The fourth-order valence-electron chi connectivity index (χ4n) is 7.08. The van der Waals surface area contributed by atoms with Crippen LogP contribution in [0.2, 0.25) is 5.04 Å². The highest BCUT2D eigenvalue weighted by molar-refractivity contribution is 6.99. The zero-order valence-corrected chi connectivity index (χ0v) is 31.4. The van der Waals surface area contributed by atoms with Crippen molar-refractivity contribution in [1.29, 1.82) is 0 Å². The van der Waals surface area contributed by atoms with E-state index in [9.17, 15) is 9.18 Å². The molecule has 0 bridgehead atoms. The highest BCUT2D eigenvalue weighted by atomic mass is 28.4. The van der Waals surface area contributed by atoms with Gasteiger partial charge < -0.3 is 20.2 Å². The van der Waals surface area contributed by atoms with Crippen LogP contribution in [-0.2, 0) is 17.5 Å². The molecule has 0 radical (unpaired) electrons. The zero-order chi connectivity index (χ0) is 36.7. The predicted octanol–water partition coefficient (Wildman–Crippen LogP) is 5.59. The Bertz CT molecular complexity index is 1900. The third-order valence-electron chi connectivity index (χ3n) is 9.70. The van der Waals surface area contributed by atoms with Crippen LogP contribution in [0.5, 0.6) is 5.75 Å². The molecule has 1 amide bonds. The van der Waals surface area contributed by atoms with E-state index in [-0.39, 0.29) is 36.2 Å². The van der Waals surface area contributed by atoms with Gasteiger partial charge in [-0.25, -0.2) is 19.3 Å². The molecule has 0 saturated heterocycles. The number of ether oxygens (including phenoxy) is 1. The van der Waals surface area contributed by atoms with Gasteiger partial charge in [0.1, 0.15) is 30.1 Å². The quantitative estimate of drug-likeness (QED) is 0.119. The Morgan fingerprint density at radius 1 is 0.942 bits per heavy atom. The molecular formula is C40H48FN7O3Si. The number of aryl methyl sites for hydroxylation is 1. The summed E-state index contributed by atoms with van der Waals surface area (Å²) in [6.45, 7) is 9.69. The Morgan fingerprint density at radius 2 is 1.62 bits per heavy atom. The summed E-state index contributed by atoms with van der Waals surface area (Å²) in [6.07, 6.45) is 5.91.